The van der Waals surface area contributed by atoms with Gasteiger partial charge in [-0.1, -0.05) is 12.1 Å². The van der Waals surface area contributed by atoms with Crippen LogP contribution in [0, 0.1) is 0 Å². The summed E-state index contributed by atoms with van der Waals surface area (Å²) in [4.78, 5) is 21.0. The van der Waals surface area contributed by atoms with Crippen LogP contribution >= 0.6 is 0 Å². The minimum Gasteiger partial charge on any atom is -0.492 e. The highest BCUT2D eigenvalue weighted by Gasteiger charge is 2.07. The van der Waals surface area contributed by atoms with Crippen LogP contribution < -0.4 is 10.5 Å². The van der Waals surface area contributed by atoms with E-state index < -0.39 is 5.91 Å². The summed E-state index contributed by atoms with van der Waals surface area (Å²) in [5.74, 6) is -0.117. The Morgan fingerprint density at radius 1 is 1.43 bits per heavy atom. The Kier molecular flexibility index (Phi) is 3.67. The van der Waals surface area contributed by atoms with Crippen molar-refractivity contribution in [3.8, 4) is 5.75 Å². The molecule has 1 rings (SSSR count). The highest BCUT2D eigenvalue weighted by Crippen LogP contribution is 2.16. The molecule has 1 aromatic carbocycles. The van der Waals surface area contributed by atoms with E-state index in [2.05, 4.69) is 0 Å². The molecule has 0 aliphatic rings. The zero-order chi connectivity index (χ0) is 10.4. The van der Waals surface area contributed by atoms with Gasteiger partial charge in [-0.15, -0.1) is 0 Å². The van der Waals surface area contributed by atoms with E-state index in [4.69, 9.17) is 10.5 Å². The van der Waals surface area contributed by atoms with Gasteiger partial charge in [0.2, 0.25) is 0 Å². The number of amides is 1. The number of hydrogen-bond acceptors (Lipinski definition) is 3. The third-order valence-electron chi connectivity index (χ3n) is 1.65. The van der Waals surface area contributed by atoms with Gasteiger partial charge in [0, 0.05) is 6.42 Å². The molecule has 74 valence electrons. The number of para-hydroxylation sites is 1. The van der Waals surface area contributed by atoms with Gasteiger partial charge in [0.1, 0.15) is 12.0 Å². The van der Waals surface area contributed by atoms with Crippen LogP contribution in [-0.4, -0.2) is 18.8 Å². The highest BCUT2D eigenvalue weighted by atomic mass is 16.5. The minimum absolute atomic E-state index is 0.258. The first kappa shape index (κ1) is 10.2. The van der Waals surface area contributed by atoms with Gasteiger partial charge < -0.3 is 15.3 Å². The fourth-order valence-corrected chi connectivity index (χ4v) is 1.01. The van der Waals surface area contributed by atoms with Crippen LogP contribution in [0.1, 0.15) is 16.8 Å². The molecule has 14 heavy (non-hydrogen) atoms. The second kappa shape index (κ2) is 5.01. The van der Waals surface area contributed by atoms with Crippen molar-refractivity contribution < 1.29 is 14.3 Å². The first-order valence-corrected chi connectivity index (χ1v) is 4.21. The lowest BCUT2D eigenvalue weighted by molar-refractivity contribution is -0.108. The summed E-state index contributed by atoms with van der Waals surface area (Å²) < 4.78 is 5.21. The summed E-state index contributed by atoms with van der Waals surface area (Å²) in [5, 5.41) is 0. The molecular formula is C10H11NO3. The summed E-state index contributed by atoms with van der Waals surface area (Å²) >= 11 is 0. The first-order valence-electron chi connectivity index (χ1n) is 4.21. The highest BCUT2D eigenvalue weighted by molar-refractivity contribution is 5.95. The Morgan fingerprint density at radius 3 is 2.79 bits per heavy atom. The van der Waals surface area contributed by atoms with Crippen LogP contribution in [-0.2, 0) is 4.79 Å². The van der Waals surface area contributed by atoms with E-state index in [1.807, 2.05) is 0 Å². The molecule has 1 amide bonds. The molecule has 4 heteroatoms. The molecule has 0 atom stereocenters. The number of ether oxygens (including phenoxy) is 1. The Morgan fingerprint density at radius 2 is 2.14 bits per heavy atom. The van der Waals surface area contributed by atoms with Gasteiger partial charge in [0.25, 0.3) is 5.91 Å². The van der Waals surface area contributed by atoms with E-state index in [9.17, 15) is 9.59 Å². The van der Waals surface area contributed by atoms with E-state index in [-0.39, 0.29) is 6.61 Å². The largest absolute Gasteiger partial charge is 0.492 e. The summed E-state index contributed by atoms with van der Waals surface area (Å²) in [7, 11) is 0. The smallest absolute Gasteiger partial charge is 0.252 e. The maximum atomic E-state index is 10.9. The Hall–Kier alpha value is -1.84. The zero-order valence-electron chi connectivity index (χ0n) is 7.60. The van der Waals surface area contributed by atoms with Crippen molar-refractivity contribution in [3.63, 3.8) is 0 Å². The monoisotopic (exact) mass is 193 g/mol. The summed E-state index contributed by atoms with van der Waals surface area (Å²) in [6.45, 7) is 0.258. The van der Waals surface area contributed by atoms with Gasteiger partial charge in [0.05, 0.1) is 12.2 Å². The van der Waals surface area contributed by atoms with Crippen molar-refractivity contribution in [2.75, 3.05) is 6.61 Å². The average molecular weight is 193 g/mol. The van der Waals surface area contributed by atoms with Crippen molar-refractivity contribution in [1.29, 1.82) is 0 Å². The topological polar surface area (TPSA) is 69.4 Å². The van der Waals surface area contributed by atoms with Gasteiger partial charge in [-0.3, -0.25) is 4.79 Å². The standard InChI is InChI=1S/C10H11NO3/c11-10(13)8-4-1-2-5-9(8)14-7-3-6-12/h1-2,4-6H,3,7H2,(H2,11,13). The van der Waals surface area contributed by atoms with Crippen LogP contribution in [0.15, 0.2) is 24.3 Å². The number of primary amides is 1. The molecule has 0 aliphatic heterocycles. The average Bonchev–Trinajstić information content (AvgIpc) is 2.19. The van der Waals surface area contributed by atoms with Crippen LogP contribution in [0.4, 0.5) is 0 Å². The molecule has 0 fully saturated rings. The molecule has 1 aromatic rings. The predicted molar refractivity (Wildman–Crippen MR) is 51.1 cm³/mol. The zero-order valence-corrected chi connectivity index (χ0v) is 7.60. The van der Waals surface area contributed by atoms with Crippen LogP contribution in [0.5, 0.6) is 5.75 Å². The van der Waals surface area contributed by atoms with Crippen LogP contribution in [0.2, 0.25) is 0 Å². The summed E-state index contributed by atoms with van der Waals surface area (Å²) in [6, 6.07) is 6.67. The van der Waals surface area contributed by atoms with Gasteiger partial charge in [0.15, 0.2) is 0 Å². The molecule has 2 N–H and O–H groups in total. The molecule has 0 aliphatic carbocycles. The van der Waals surface area contributed by atoms with E-state index in [1.165, 1.54) is 0 Å². The molecule has 4 nitrogen and oxygen atoms in total. The normalized spacial score (nSPS) is 9.43. The number of nitrogens with two attached hydrogens (primary N) is 1. The van der Waals surface area contributed by atoms with E-state index in [0.29, 0.717) is 17.7 Å². The molecule has 0 radical (unpaired) electrons. The van der Waals surface area contributed by atoms with Crippen molar-refractivity contribution in [1.82, 2.24) is 0 Å². The second-order valence-corrected chi connectivity index (χ2v) is 2.66. The molecule has 0 saturated heterocycles. The Balaban J connectivity index is 2.74. The van der Waals surface area contributed by atoms with Gasteiger partial charge >= 0.3 is 0 Å². The fraction of sp³-hybridized carbons (Fsp3) is 0.200. The molecule has 0 bridgehead atoms. The van der Waals surface area contributed by atoms with Gasteiger partial charge in [-0.05, 0) is 12.1 Å². The van der Waals surface area contributed by atoms with Crippen molar-refractivity contribution in [2.24, 2.45) is 5.73 Å². The third-order valence-corrected chi connectivity index (χ3v) is 1.65. The number of carbonyl (C=O) groups is 2. The Labute approximate surface area is 81.7 Å². The maximum absolute atomic E-state index is 10.9. The van der Waals surface area contributed by atoms with Crippen molar-refractivity contribution in [3.05, 3.63) is 29.8 Å². The molecular weight excluding hydrogens is 182 g/mol. The number of aldehydes is 1. The van der Waals surface area contributed by atoms with Crippen LogP contribution in [0.25, 0.3) is 0 Å². The number of rotatable bonds is 5. The second-order valence-electron chi connectivity index (χ2n) is 2.66. The van der Waals surface area contributed by atoms with Crippen molar-refractivity contribution in [2.45, 2.75) is 6.42 Å². The Bertz CT molecular complexity index is 336. The van der Waals surface area contributed by atoms with E-state index in [0.717, 1.165) is 6.29 Å². The molecule has 0 spiro atoms. The number of carbonyl (C=O) groups excluding carboxylic acids is 2. The third kappa shape index (κ3) is 2.58. The van der Waals surface area contributed by atoms with Crippen LogP contribution in [0.3, 0.4) is 0 Å². The first-order chi connectivity index (χ1) is 6.75. The quantitative estimate of drug-likeness (QED) is 0.554. The SMILES string of the molecule is NC(=O)c1ccccc1OCCC=O. The molecule has 0 unspecified atom stereocenters. The lowest BCUT2D eigenvalue weighted by Crippen LogP contribution is -2.13. The predicted octanol–water partition coefficient (Wildman–Crippen LogP) is 0.753. The minimum atomic E-state index is -0.535. The lowest BCUT2D eigenvalue weighted by Gasteiger charge is -2.07. The molecule has 0 aromatic heterocycles. The molecule has 0 saturated carbocycles. The maximum Gasteiger partial charge on any atom is 0.252 e. The summed E-state index contributed by atoms with van der Waals surface area (Å²) in [6.07, 6.45) is 1.06. The number of hydrogen-bond donors (Lipinski definition) is 1. The number of benzene rings is 1. The van der Waals surface area contributed by atoms with Gasteiger partial charge in [-0.2, -0.15) is 0 Å². The molecule has 0 heterocycles. The van der Waals surface area contributed by atoms with E-state index in [1.54, 1.807) is 24.3 Å². The fourth-order valence-electron chi connectivity index (χ4n) is 1.01. The lowest BCUT2D eigenvalue weighted by atomic mass is 10.2. The summed E-state index contributed by atoms with van der Waals surface area (Å²) in [5.41, 5.74) is 5.46. The van der Waals surface area contributed by atoms with Crippen molar-refractivity contribution >= 4 is 12.2 Å². The van der Waals surface area contributed by atoms with Gasteiger partial charge in [-0.25, -0.2) is 0 Å². The van der Waals surface area contributed by atoms with E-state index >= 15 is 0 Å².